The van der Waals surface area contributed by atoms with Gasteiger partial charge in [-0.2, -0.15) is 0 Å². The van der Waals surface area contributed by atoms with Crippen LogP contribution in [-0.2, 0) is 0 Å². The summed E-state index contributed by atoms with van der Waals surface area (Å²) in [5.41, 5.74) is 0.0403. The minimum Gasteiger partial charge on any atom is -0.394 e. The first-order valence-corrected chi connectivity index (χ1v) is 8.04. The smallest absolute Gasteiger partial charge is 0.0613 e. The Morgan fingerprint density at radius 1 is 1.06 bits per heavy atom. The number of hydrogen-bond donors (Lipinski definition) is 2. The Morgan fingerprint density at radius 2 is 1.78 bits per heavy atom. The van der Waals surface area contributed by atoms with Crippen molar-refractivity contribution in [3.8, 4) is 0 Å². The topological polar surface area (TPSA) is 32.3 Å². The number of hydrogen-bond acceptors (Lipinski definition) is 2. The Kier molecular flexibility index (Phi) is 5.08. The summed E-state index contributed by atoms with van der Waals surface area (Å²) in [6.07, 6.45) is 11.6. The molecule has 0 spiro atoms. The van der Waals surface area contributed by atoms with Crippen molar-refractivity contribution >= 4 is 0 Å². The van der Waals surface area contributed by atoms with Gasteiger partial charge >= 0.3 is 0 Å². The van der Waals surface area contributed by atoms with Gasteiger partial charge < -0.3 is 10.4 Å². The predicted octanol–water partition coefficient (Wildman–Crippen LogP) is 3.49. The van der Waals surface area contributed by atoms with Crippen LogP contribution < -0.4 is 5.32 Å². The van der Waals surface area contributed by atoms with Gasteiger partial charge in [-0.1, -0.05) is 39.5 Å². The van der Waals surface area contributed by atoms with Crippen LogP contribution in [-0.4, -0.2) is 23.3 Å². The summed E-state index contributed by atoms with van der Waals surface area (Å²) in [4.78, 5) is 0. The fourth-order valence-electron chi connectivity index (χ4n) is 3.95. The predicted molar refractivity (Wildman–Crippen MR) is 76.6 cm³/mol. The van der Waals surface area contributed by atoms with E-state index in [4.69, 9.17) is 0 Å². The van der Waals surface area contributed by atoms with E-state index in [0.717, 1.165) is 11.8 Å². The van der Waals surface area contributed by atoms with Crippen LogP contribution in [0, 0.1) is 11.8 Å². The lowest BCUT2D eigenvalue weighted by molar-refractivity contribution is 0.129. The SMILES string of the molecule is CC(C)C1CCCC(CO)(NC2CCCC2)CC1. The molecule has 2 nitrogen and oxygen atoms in total. The van der Waals surface area contributed by atoms with E-state index in [1.54, 1.807) is 0 Å². The quantitative estimate of drug-likeness (QED) is 0.752. The summed E-state index contributed by atoms with van der Waals surface area (Å²) in [6.45, 7) is 5.02. The van der Waals surface area contributed by atoms with Crippen LogP contribution in [0.5, 0.6) is 0 Å². The lowest BCUT2D eigenvalue weighted by atomic mass is 9.86. The van der Waals surface area contributed by atoms with Crippen molar-refractivity contribution in [1.82, 2.24) is 5.32 Å². The Bertz CT molecular complexity index is 247. The second-order valence-electron chi connectivity index (χ2n) is 7.00. The Hall–Kier alpha value is -0.0800. The lowest BCUT2D eigenvalue weighted by Crippen LogP contribution is -2.52. The first kappa shape index (κ1) is 14.3. The third kappa shape index (κ3) is 3.48. The van der Waals surface area contributed by atoms with Gasteiger partial charge in [0.05, 0.1) is 6.61 Å². The summed E-state index contributed by atoms with van der Waals surface area (Å²) < 4.78 is 0. The maximum Gasteiger partial charge on any atom is 0.0613 e. The molecular weight excluding hydrogens is 222 g/mol. The van der Waals surface area contributed by atoms with Gasteiger partial charge in [-0.25, -0.2) is 0 Å². The molecule has 2 unspecified atom stereocenters. The van der Waals surface area contributed by atoms with Crippen molar-refractivity contribution in [3.63, 3.8) is 0 Å². The second-order valence-corrected chi connectivity index (χ2v) is 7.00. The number of aliphatic hydroxyl groups excluding tert-OH is 1. The van der Waals surface area contributed by atoms with E-state index in [1.165, 1.54) is 57.8 Å². The zero-order chi connectivity index (χ0) is 13.0. The molecule has 0 heterocycles. The van der Waals surface area contributed by atoms with Crippen molar-refractivity contribution in [2.45, 2.75) is 83.2 Å². The maximum absolute atomic E-state index is 9.89. The average molecular weight is 253 g/mol. The van der Waals surface area contributed by atoms with Crippen LogP contribution in [0.2, 0.25) is 0 Å². The molecule has 0 bridgehead atoms. The van der Waals surface area contributed by atoms with Crippen LogP contribution >= 0.6 is 0 Å². The molecule has 2 rings (SSSR count). The van der Waals surface area contributed by atoms with Gasteiger partial charge in [-0.15, -0.1) is 0 Å². The molecular formula is C16H31NO. The van der Waals surface area contributed by atoms with Crippen molar-refractivity contribution < 1.29 is 5.11 Å². The molecule has 0 aromatic carbocycles. The van der Waals surface area contributed by atoms with E-state index >= 15 is 0 Å². The van der Waals surface area contributed by atoms with Crippen LogP contribution in [0.25, 0.3) is 0 Å². The highest BCUT2D eigenvalue weighted by molar-refractivity contribution is 4.94. The molecule has 0 aliphatic heterocycles. The molecule has 0 amide bonds. The molecule has 2 aliphatic rings. The highest BCUT2D eigenvalue weighted by Crippen LogP contribution is 2.35. The van der Waals surface area contributed by atoms with Crippen molar-refractivity contribution in [1.29, 1.82) is 0 Å². The molecule has 106 valence electrons. The molecule has 2 saturated carbocycles. The van der Waals surface area contributed by atoms with Crippen LogP contribution in [0.3, 0.4) is 0 Å². The van der Waals surface area contributed by atoms with Crippen LogP contribution in [0.4, 0.5) is 0 Å². The van der Waals surface area contributed by atoms with Crippen molar-refractivity contribution in [3.05, 3.63) is 0 Å². The Labute approximate surface area is 113 Å². The van der Waals surface area contributed by atoms with E-state index in [2.05, 4.69) is 19.2 Å². The van der Waals surface area contributed by atoms with Gasteiger partial charge in [0.15, 0.2) is 0 Å². The highest BCUT2D eigenvalue weighted by Gasteiger charge is 2.35. The van der Waals surface area contributed by atoms with E-state index in [-0.39, 0.29) is 5.54 Å². The minimum absolute atomic E-state index is 0.0403. The maximum atomic E-state index is 9.89. The second kappa shape index (κ2) is 6.38. The van der Waals surface area contributed by atoms with Crippen molar-refractivity contribution in [2.24, 2.45) is 11.8 Å². The van der Waals surface area contributed by atoms with Crippen LogP contribution in [0.1, 0.15) is 71.6 Å². The van der Waals surface area contributed by atoms with Crippen LogP contribution in [0.15, 0.2) is 0 Å². The molecule has 0 saturated heterocycles. The minimum atomic E-state index is 0.0403. The molecule has 0 aromatic rings. The first-order chi connectivity index (χ1) is 8.65. The Balaban J connectivity index is 1.94. The third-order valence-corrected chi connectivity index (χ3v) is 5.33. The molecule has 2 fully saturated rings. The van der Waals surface area contributed by atoms with Gasteiger partial charge in [0, 0.05) is 11.6 Å². The van der Waals surface area contributed by atoms with Crippen molar-refractivity contribution in [2.75, 3.05) is 6.61 Å². The molecule has 0 radical (unpaired) electrons. The van der Waals surface area contributed by atoms with Gasteiger partial charge in [0.25, 0.3) is 0 Å². The van der Waals surface area contributed by atoms with E-state index < -0.39 is 0 Å². The number of aliphatic hydroxyl groups is 1. The fourth-order valence-corrected chi connectivity index (χ4v) is 3.95. The number of nitrogens with one attached hydrogen (secondary N) is 1. The van der Waals surface area contributed by atoms with Gasteiger partial charge in [-0.3, -0.25) is 0 Å². The largest absolute Gasteiger partial charge is 0.394 e. The molecule has 18 heavy (non-hydrogen) atoms. The van der Waals surface area contributed by atoms with E-state index in [0.29, 0.717) is 12.6 Å². The first-order valence-electron chi connectivity index (χ1n) is 8.04. The molecule has 2 heteroatoms. The normalized spacial score (nSPS) is 35.0. The van der Waals surface area contributed by atoms with Gasteiger partial charge in [0.1, 0.15) is 0 Å². The molecule has 2 N–H and O–H groups in total. The lowest BCUT2D eigenvalue weighted by Gasteiger charge is -2.35. The Morgan fingerprint density at radius 3 is 2.39 bits per heavy atom. The van der Waals surface area contributed by atoms with Gasteiger partial charge in [0.2, 0.25) is 0 Å². The zero-order valence-corrected chi connectivity index (χ0v) is 12.3. The monoisotopic (exact) mass is 253 g/mol. The third-order valence-electron chi connectivity index (χ3n) is 5.33. The van der Waals surface area contributed by atoms with Gasteiger partial charge in [-0.05, 0) is 43.9 Å². The summed E-state index contributed by atoms with van der Waals surface area (Å²) in [7, 11) is 0. The summed E-state index contributed by atoms with van der Waals surface area (Å²) in [6, 6.07) is 0.674. The molecule has 0 aromatic heterocycles. The summed E-state index contributed by atoms with van der Waals surface area (Å²) >= 11 is 0. The highest BCUT2D eigenvalue weighted by atomic mass is 16.3. The van der Waals surface area contributed by atoms with E-state index in [9.17, 15) is 5.11 Å². The standard InChI is InChI=1S/C16H31NO/c1-13(2)14-6-5-10-16(12-18,11-9-14)17-15-7-3-4-8-15/h13-15,17-18H,3-12H2,1-2H3. The average Bonchev–Trinajstić information content (AvgIpc) is 2.75. The summed E-state index contributed by atoms with van der Waals surface area (Å²) in [5, 5.41) is 13.7. The molecule has 2 aliphatic carbocycles. The zero-order valence-electron chi connectivity index (χ0n) is 12.3. The summed E-state index contributed by atoms with van der Waals surface area (Å²) in [5.74, 6) is 1.66. The molecule has 2 atom stereocenters. The van der Waals surface area contributed by atoms with E-state index in [1.807, 2.05) is 0 Å². The number of rotatable bonds is 4. The fraction of sp³-hybridized carbons (Fsp3) is 1.00.